The van der Waals surface area contributed by atoms with Crippen molar-refractivity contribution in [1.29, 1.82) is 0 Å². The number of fused-ring (bicyclic) bond motifs is 1. The van der Waals surface area contributed by atoms with Gasteiger partial charge in [-0.25, -0.2) is 0 Å². The van der Waals surface area contributed by atoms with Crippen molar-refractivity contribution in [3.63, 3.8) is 0 Å². The number of hydrogen-bond acceptors (Lipinski definition) is 3. The van der Waals surface area contributed by atoms with E-state index >= 15 is 0 Å². The molecule has 2 amide bonds. The molecule has 1 aliphatic heterocycles. The minimum Gasteiger partial charge on any atom is -0.342 e. The average Bonchev–Trinajstić information content (AvgIpc) is 3.29. The lowest BCUT2D eigenvalue weighted by atomic mass is 10.1. The van der Waals surface area contributed by atoms with Crippen LogP contribution in [0.2, 0.25) is 5.02 Å². The number of imide groups is 1. The van der Waals surface area contributed by atoms with Gasteiger partial charge in [0.2, 0.25) is 0 Å². The molecule has 1 aliphatic rings. The van der Waals surface area contributed by atoms with Gasteiger partial charge in [-0.3, -0.25) is 14.5 Å². The Balaban J connectivity index is 1.45. The molecule has 1 saturated heterocycles. The molecular formula is C26H18BrClN2O2S. The topological polar surface area (TPSA) is 42.3 Å². The maximum atomic E-state index is 13.0. The summed E-state index contributed by atoms with van der Waals surface area (Å²) in [5.41, 5.74) is 4.00. The summed E-state index contributed by atoms with van der Waals surface area (Å²) >= 11 is 10.4. The molecule has 5 rings (SSSR count). The van der Waals surface area contributed by atoms with Crippen LogP contribution in [-0.2, 0) is 17.9 Å². The summed E-state index contributed by atoms with van der Waals surface area (Å²) in [4.78, 5) is 27.4. The number of carbonyl (C=O) groups excluding carboxylic acids is 2. The van der Waals surface area contributed by atoms with Crippen LogP contribution in [0.3, 0.4) is 0 Å². The monoisotopic (exact) mass is 536 g/mol. The van der Waals surface area contributed by atoms with E-state index in [9.17, 15) is 9.59 Å². The maximum Gasteiger partial charge on any atom is 0.293 e. The number of amides is 2. The van der Waals surface area contributed by atoms with Crippen molar-refractivity contribution in [2.24, 2.45) is 0 Å². The van der Waals surface area contributed by atoms with Crippen molar-refractivity contribution < 1.29 is 9.59 Å². The van der Waals surface area contributed by atoms with E-state index in [0.717, 1.165) is 43.8 Å². The molecule has 7 heteroatoms. The first kappa shape index (κ1) is 22.0. The van der Waals surface area contributed by atoms with E-state index in [-0.39, 0.29) is 17.7 Å². The van der Waals surface area contributed by atoms with Gasteiger partial charge < -0.3 is 4.57 Å². The van der Waals surface area contributed by atoms with E-state index in [1.54, 1.807) is 0 Å². The number of halogens is 2. The molecule has 0 spiro atoms. The standard InChI is InChI=1S/C26H18BrClN2O2S/c27-20-9-5-18(6-10-20)15-30-25(31)24(33-26(30)32)13-19-16-29(23-4-2-1-3-22(19)23)14-17-7-11-21(28)12-8-17/h1-13,16H,14-15H2. The van der Waals surface area contributed by atoms with Crippen molar-refractivity contribution in [2.45, 2.75) is 13.1 Å². The Morgan fingerprint density at radius 1 is 0.879 bits per heavy atom. The van der Waals surface area contributed by atoms with Crippen molar-refractivity contribution >= 4 is 67.4 Å². The van der Waals surface area contributed by atoms with Gasteiger partial charge >= 0.3 is 0 Å². The highest BCUT2D eigenvalue weighted by Crippen LogP contribution is 2.35. The highest BCUT2D eigenvalue weighted by Gasteiger charge is 2.35. The second-order valence-corrected chi connectivity index (χ2v) is 10.1. The molecule has 0 aliphatic carbocycles. The first-order valence-electron chi connectivity index (χ1n) is 10.3. The third-order valence-electron chi connectivity index (χ3n) is 5.50. The van der Waals surface area contributed by atoms with Gasteiger partial charge in [-0.15, -0.1) is 0 Å². The van der Waals surface area contributed by atoms with E-state index in [2.05, 4.69) is 26.6 Å². The van der Waals surface area contributed by atoms with Gasteiger partial charge in [0, 0.05) is 38.7 Å². The number of benzene rings is 3. The van der Waals surface area contributed by atoms with E-state index in [1.807, 2.05) is 79.0 Å². The molecule has 3 aromatic carbocycles. The van der Waals surface area contributed by atoms with Crippen LogP contribution in [0.4, 0.5) is 4.79 Å². The Morgan fingerprint density at radius 2 is 1.55 bits per heavy atom. The lowest BCUT2D eigenvalue weighted by molar-refractivity contribution is -0.123. The molecule has 1 aromatic heterocycles. The molecule has 0 bridgehead atoms. The summed E-state index contributed by atoms with van der Waals surface area (Å²) in [5, 5.41) is 1.49. The normalized spacial score (nSPS) is 15.2. The van der Waals surface area contributed by atoms with Crippen LogP contribution in [-0.4, -0.2) is 20.6 Å². The molecule has 0 atom stereocenters. The fourth-order valence-electron chi connectivity index (χ4n) is 3.86. The Labute approximate surface area is 209 Å². The second-order valence-electron chi connectivity index (χ2n) is 7.75. The first-order chi connectivity index (χ1) is 16.0. The largest absolute Gasteiger partial charge is 0.342 e. The van der Waals surface area contributed by atoms with Crippen LogP contribution in [0.1, 0.15) is 16.7 Å². The summed E-state index contributed by atoms with van der Waals surface area (Å²) < 4.78 is 3.10. The summed E-state index contributed by atoms with van der Waals surface area (Å²) in [6.07, 6.45) is 3.86. The van der Waals surface area contributed by atoms with Gasteiger partial charge in [0.25, 0.3) is 11.1 Å². The van der Waals surface area contributed by atoms with Gasteiger partial charge in [-0.05, 0) is 59.3 Å². The first-order valence-corrected chi connectivity index (χ1v) is 12.3. The van der Waals surface area contributed by atoms with Crippen molar-refractivity contribution in [3.8, 4) is 0 Å². The lowest BCUT2D eigenvalue weighted by Gasteiger charge is -2.12. The Kier molecular flexibility index (Phi) is 6.15. The van der Waals surface area contributed by atoms with Crippen LogP contribution in [0, 0.1) is 0 Å². The predicted octanol–water partition coefficient (Wildman–Crippen LogP) is 7.34. The Morgan fingerprint density at radius 3 is 2.30 bits per heavy atom. The van der Waals surface area contributed by atoms with Gasteiger partial charge in [0.1, 0.15) is 0 Å². The number of aromatic nitrogens is 1. The summed E-state index contributed by atoms with van der Waals surface area (Å²) in [6, 6.07) is 23.4. The molecule has 164 valence electrons. The molecule has 0 N–H and O–H groups in total. The van der Waals surface area contributed by atoms with Crippen molar-refractivity contribution in [1.82, 2.24) is 9.47 Å². The Hall–Kier alpha value is -2.80. The Bertz CT molecular complexity index is 1390. The number of hydrogen-bond donors (Lipinski definition) is 0. The minimum absolute atomic E-state index is 0.251. The van der Waals surface area contributed by atoms with Gasteiger partial charge in [-0.1, -0.05) is 70.0 Å². The molecule has 0 radical (unpaired) electrons. The third-order valence-corrected chi connectivity index (χ3v) is 7.19. The van der Waals surface area contributed by atoms with E-state index in [4.69, 9.17) is 11.6 Å². The molecule has 2 heterocycles. The molecule has 1 fully saturated rings. The van der Waals surface area contributed by atoms with Crippen LogP contribution < -0.4 is 0 Å². The van der Waals surface area contributed by atoms with Crippen LogP contribution in [0.15, 0.2) is 88.4 Å². The number of rotatable bonds is 5. The van der Waals surface area contributed by atoms with Gasteiger partial charge in [0.15, 0.2) is 0 Å². The zero-order valence-electron chi connectivity index (χ0n) is 17.4. The zero-order valence-corrected chi connectivity index (χ0v) is 20.5. The predicted molar refractivity (Wildman–Crippen MR) is 138 cm³/mol. The molecule has 0 saturated carbocycles. The third kappa shape index (κ3) is 4.64. The van der Waals surface area contributed by atoms with Crippen molar-refractivity contribution in [3.05, 3.63) is 110 Å². The van der Waals surface area contributed by atoms with Crippen LogP contribution in [0.25, 0.3) is 17.0 Å². The summed E-state index contributed by atoms with van der Waals surface area (Å²) in [5.74, 6) is -0.262. The van der Waals surface area contributed by atoms with Crippen LogP contribution in [0.5, 0.6) is 0 Å². The fraction of sp³-hybridized carbons (Fsp3) is 0.0769. The highest BCUT2D eigenvalue weighted by molar-refractivity contribution is 9.10. The smallest absolute Gasteiger partial charge is 0.293 e. The quantitative estimate of drug-likeness (QED) is 0.250. The van der Waals surface area contributed by atoms with E-state index in [0.29, 0.717) is 16.5 Å². The maximum absolute atomic E-state index is 13.0. The second kappa shape index (κ2) is 9.21. The number of thioether (sulfide) groups is 1. The average molecular weight is 538 g/mol. The van der Waals surface area contributed by atoms with Crippen LogP contribution >= 0.6 is 39.3 Å². The molecule has 33 heavy (non-hydrogen) atoms. The number of para-hydroxylation sites is 1. The molecule has 4 aromatic rings. The molecule has 0 unspecified atom stereocenters. The SMILES string of the molecule is O=C1SC(=Cc2cn(Cc3ccc(Cl)cc3)c3ccccc23)C(=O)N1Cc1ccc(Br)cc1. The highest BCUT2D eigenvalue weighted by atomic mass is 79.9. The summed E-state index contributed by atoms with van der Waals surface area (Å²) in [6.45, 7) is 0.935. The lowest BCUT2D eigenvalue weighted by Crippen LogP contribution is -2.27. The molecule has 4 nitrogen and oxygen atoms in total. The zero-order chi connectivity index (χ0) is 22.9. The molecular weight excluding hydrogens is 520 g/mol. The van der Waals surface area contributed by atoms with E-state index in [1.165, 1.54) is 4.90 Å². The van der Waals surface area contributed by atoms with Crippen molar-refractivity contribution in [2.75, 3.05) is 0 Å². The fourth-order valence-corrected chi connectivity index (χ4v) is 5.08. The number of carbonyl (C=O) groups is 2. The van der Waals surface area contributed by atoms with Gasteiger partial charge in [0.05, 0.1) is 11.4 Å². The summed E-state index contributed by atoms with van der Waals surface area (Å²) in [7, 11) is 0. The van der Waals surface area contributed by atoms with E-state index < -0.39 is 0 Å². The van der Waals surface area contributed by atoms with Gasteiger partial charge in [-0.2, -0.15) is 0 Å². The number of nitrogens with zero attached hydrogens (tertiary/aromatic N) is 2. The minimum atomic E-state index is -0.262.